The number of anilines is 1. The van der Waals surface area contributed by atoms with Crippen molar-refractivity contribution in [2.45, 2.75) is 19.8 Å². The van der Waals surface area contributed by atoms with E-state index in [-0.39, 0.29) is 0 Å². The first-order valence-corrected chi connectivity index (χ1v) is 5.64. The van der Waals surface area contributed by atoms with Crippen LogP contribution in [-0.2, 0) is 16.0 Å². The van der Waals surface area contributed by atoms with Crippen LogP contribution in [0.4, 0.5) is 5.69 Å². The standard InChI is InChI=1S/C13H17NO4/c1-4-9-5-6-11(18-3)10(7-9)14(2)12(15)8-13(16)17/h5-7H,4,8H2,1-3H3,(H,16,17). The van der Waals surface area contributed by atoms with Crippen molar-refractivity contribution in [3.05, 3.63) is 23.8 Å². The number of carboxylic acid groups (broad SMARTS) is 1. The molecule has 18 heavy (non-hydrogen) atoms. The van der Waals surface area contributed by atoms with Crippen molar-refractivity contribution in [3.63, 3.8) is 0 Å². The fourth-order valence-corrected chi connectivity index (χ4v) is 1.60. The van der Waals surface area contributed by atoms with Gasteiger partial charge in [-0.2, -0.15) is 0 Å². The van der Waals surface area contributed by atoms with Crippen LogP contribution in [0.15, 0.2) is 18.2 Å². The van der Waals surface area contributed by atoms with Gasteiger partial charge in [0, 0.05) is 7.05 Å². The third-order valence-electron chi connectivity index (χ3n) is 2.69. The summed E-state index contributed by atoms with van der Waals surface area (Å²) >= 11 is 0. The molecule has 0 saturated carbocycles. The molecule has 1 aromatic carbocycles. The van der Waals surface area contributed by atoms with Gasteiger partial charge < -0.3 is 14.7 Å². The van der Waals surface area contributed by atoms with Gasteiger partial charge in [0.1, 0.15) is 12.2 Å². The fraction of sp³-hybridized carbons (Fsp3) is 0.385. The number of hydrogen-bond acceptors (Lipinski definition) is 3. The summed E-state index contributed by atoms with van der Waals surface area (Å²) in [6.45, 7) is 2.00. The second-order valence-electron chi connectivity index (χ2n) is 3.88. The van der Waals surface area contributed by atoms with Gasteiger partial charge in [-0.1, -0.05) is 13.0 Å². The molecule has 0 aliphatic rings. The Morgan fingerprint density at radius 2 is 2.06 bits per heavy atom. The Morgan fingerprint density at radius 3 is 2.56 bits per heavy atom. The Bertz CT molecular complexity index is 456. The average molecular weight is 251 g/mol. The number of carbonyl (C=O) groups excluding carboxylic acids is 1. The number of hydrogen-bond donors (Lipinski definition) is 1. The second kappa shape index (κ2) is 6.05. The molecular formula is C13H17NO4. The van der Waals surface area contributed by atoms with Gasteiger partial charge in [-0.05, 0) is 24.1 Å². The molecule has 0 atom stereocenters. The molecule has 0 bridgehead atoms. The number of ether oxygens (including phenoxy) is 1. The molecule has 0 radical (unpaired) electrons. The molecule has 1 amide bonds. The van der Waals surface area contributed by atoms with Crippen LogP contribution in [-0.4, -0.2) is 31.1 Å². The molecule has 0 saturated heterocycles. The summed E-state index contributed by atoms with van der Waals surface area (Å²) < 4.78 is 5.18. The van der Waals surface area contributed by atoms with E-state index in [1.54, 1.807) is 13.1 Å². The summed E-state index contributed by atoms with van der Waals surface area (Å²) in [5.74, 6) is -1.07. The van der Waals surface area contributed by atoms with Crippen LogP contribution in [0.3, 0.4) is 0 Å². The van der Waals surface area contributed by atoms with Crippen molar-refractivity contribution in [1.82, 2.24) is 0 Å². The molecule has 0 aliphatic heterocycles. The van der Waals surface area contributed by atoms with Gasteiger partial charge in [-0.3, -0.25) is 9.59 Å². The highest BCUT2D eigenvalue weighted by Gasteiger charge is 2.18. The predicted octanol–water partition coefficient (Wildman–Crippen LogP) is 1.70. The van der Waals surface area contributed by atoms with Gasteiger partial charge in [0.15, 0.2) is 0 Å². The molecule has 98 valence electrons. The average Bonchev–Trinajstić information content (AvgIpc) is 2.36. The van der Waals surface area contributed by atoms with E-state index in [1.807, 2.05) is 19.1 Å². The third-order valence-corrected chi connectivity index (χ3v) is 2.69. The number of benzene rings is 1. The summed E-state index contributed by atoms with van der Waals surface area (Å²) in [7, 11) is 3.06. The summed E-state index contributed by atoms with van der Waals surface area (Å²) in [5, 5.41) is 8.63. The highest BCUT2D eigenvalue weighted by molar-refractivity contribution is 6.03. The highest BCUT2D eigenvalue weighted by atomic mass is 16.5. The Balaban J connectivity index is 3.05. The monoisotopic (exact) mass is 251 g/mol. The summed E-state index contributed by atoms with van der Waals surface area (Å²) in [6.07, 6.45) is 0.300. The number of nitrogens with zero attached hydrogens (tertiary/aromatic N) is 1. The molecule has 0 unspecified atom stereocenters. The lowest BCUT2D eigenvalue weighted by Gasteiger charge is -2.20. The van der Waals surface area contributed by atoms with Crippen LogP contribution >= 0.6 is 0 Å². The number of carbonyl (C=O) groups is 2. The smallest absolute Gasteiger partial charge is 0.312 e. The van der Waals surface area contributed by atoms with Crippen LogP contribution in [0.25, 0.3) is 0 Å². The number of aliphatic carboxylic acids is 1. The van der Waals surface area contributed by atoms with Gasteiger partial charge in [0.2, 0.25) is 5.91 Å². The molecular weight excluding hydrogens is 234 g/mol. The predicted molar refractivity (Wildman–Crippen MR) is 68.0 cm³/mol. The summed E-state index contributed by atoms with van der Waals surface area (Å²) in [6, 6.07) is 5.52. The van der Waals surface area contributed by atoms with Crippen molar-refractivity contribution in [3.8, 4) is 5.75 Å². The normalized spacial score (nSPS) is 9.94. The minimum atomic E-state index is -1.14. The molecule has 0 heterocycles. The molecule has 0 fully saturated rings. The van der Waals surface area contributed by atoms with Crippen LogP contribution in [0.1, 0.15) is 18.9 Å². The maximum atomic E-state index is 11.7. The number of rotatable bonds is 5. The minimum Gasteiger partial charge on any atom is -0.495 e. The maximum Gasteiger partial charge on any atom is 0.312 e. The summed E-state index contributed by atoms with van der Waals surface area (Å²) in [4.78, 5) is 23.6. The lowest BCUT2D eigenvalue weighted by Crippen LogP contribution is -2.28. The van der Waals surface area contributed by atoms with E-state index in [2.05, 4.69) is 0 Å². The molecule has 1 rings (SSSR count). The van der Waals surface area contributed by atoms with Crippen LogP contribution in [0.2, 0.25) is 0 Å². The molecule has 1 aromatic rings. The quantitative estimate of drug-likeness (QED) is 0.809. The second-order valence-corrected chi connectivity index (χ2v) is 3.88. The largest absolute Gasteiger partial charge is 0.495 e. The zero-order valence-corrected chi connectivity index (χ0v) is 10.8. The lowest BCUT2D eigenvalue weighted by atomic mass is 10.1. The van der Waals surface area contributed by atoms with Gasteiger partial charge >= 0.3 is 5.97 Å². The van der Waals surface area contributed by atoms with Crippen molar-refractivity contribution < 1.29 is 19.4 Å². The van der Waals surface area contributed by atoms with Gasteiger partial charge in [-0.25, -0.2) is 0 Å². The van der Waals surface area contributed by atoms with Crippen molar-refractivity contribution >= 4 is 17.6 Å². The molecule has 0 aromatic heterocycles. The minimum absolute atomic E-state index is 0.478. The third kappa shape index (κ3) is 3.23. The maximum absolute atomic E-state index is 11.7. The zero-order chi connectivity index (χ0) is 13.7. The molecule has 5 heteroatoms. The SMILES string of the molecule is CCc1ccc(OC)c(N(C)C(=O)CC(=O)O)c1. The molecule has 0 aliphatic carbocycles. The van der Waals surface area contributed by atoms with Crippen molar-refractivity contribution in [2.75, 3.05) is 19.1 Å². The first kappa shape index (κ1) is 14.0. The van der Waals surface area contributed by atoms with Gasteiger partial charge in [-0.15, -0.1) is 0 Å². The zero-order valence-electron chi connectivity index (χ0n) is 10.8. The van der Waals surface area contributed by atoms with Gasteiger partial charge in [0.05, 0.1) is 12.8 Å². The van der Waals surface area contributed by atoms with E-state index in [4.69, 9.17) is 9.84 Å². The number of amides is 1. The van der Waals surface area contributed by atoms with E-state index < -0.39 is 18.3 Å². The fourth-order valence-electron chi connectivity index (χ4n) is 1.60. The van der Waals surface area contributed by atoms with E-state index in [0.717, 1.165) is 12.0 Å². The first-order valence-electron chi connectivity index (χ1n) is 5.64. The van der Waals surface area contributed by atoms with E-state index in [1.165, 1.54) is 12.0 Å². The van der Waals surface area contributed by atoms with Crippen molar-refractivity contribution in [1.29, 1.82) is 0 Å². The van der Waals surface area contributed by atoms with Crippen LogP contribution in [0, 0.1) is 0 Å². The lowest BCUT2D eigenvalue weighted by molar-refractivity contribution is -0.140. The molecule has 0 spiro atoms. The number of aryl methyl sites for hydroxylation is 1. The molecule has 1 N–H and O–H groups in total. The number of methoxy groups -OCH3 is 1. The topological polar surface area (TPSA) is 66.8 Å². The van der Waals surface area contributed by atoms with E-state index in [0.29, 0.717) is 11.4 Å². The van der Waals surface area contributed by atoms with Gasteiger partial charge in [0.25, 0.3) is 0 Å². The Hall–Kier alpha value is -2.04. The Kier molecular flexibility index (Phi) is 4.71. The number of carboxylic acids is 1. The summed E-state index contributed by atoms with van der Waals surface area (Å²) in [5.41, 5.74) is 1.64. The Morgan fingerprint density at radius 1 is 1.39 bits per heavy atom. The van der Waals surface area contributed by atoms with Crippen LogP contribution in [0.5, 0.6) is 5.75 Å². The Labute approximate surface area is 106 Å². The first-order chi connectivity index (χ1) is 8.49. The molecule has 5 nitrogen and oxygen atoms in total. The van der Waals surface area contributed by atoms with Crippen LogP contribution < -0.4 is 9.64 Å². The van der Waals surface area contributed by atoms with E-state index >= 15 is 0 Å². The van der Waals surface area contributed by atoms with Crippen molar-refractivity contribution in [2.24, 2.45) is 0 Å². The highest BCUT2D eigenvalue weighted by Crippen LogP contribution is 2.29. The van der Waals surface area contributed by atoms with E-state index in [9.17, 15) is 9.59 Å².